The van der Waals surface area contributed by atoms with Crippen LogP contribution in [0.3, 0.4) is 0 Å². The Kier molecular flexibility index (Phi) is 8.24. The molecular formula is C23H37N5O4S. The van der Waals surface area contributed by atoms with E-state index in [-0.39, 0.29) is 18.5 Å². The number of ether oxygens (including phenoxy) is 1. The zero-order valence-electron chi connectivity index (χ0n) is 19.6. The average Bonchev–Trinajstić information content (AvgIpc) is 2.85. The third-order valence-corrected chi connectivity index (χ3v) is 9.05. The summed E-state index contributed by atoms with van der Waals surface area (Å²) in [7, 11) is -1.73. The summed E-state index contributed by atoms with van der Waals surface area (Å²) in [4.78, 5) is 16.8. The number of rotatable bonds is 7. The Morgan fingerprint density at radius 3 is 2.27 bits per heavy atom. The zero-order valence-corrected chi connectivity index (χ0v) is 20.4. The highest BCUT2D eigenvalue weighted by Crippen LogP contribution is 2.25. The summed E-state index contributed by atoms with van der Waals surface area (Å²) in [6, 6.07) is 8.01. The van der Waals surface area contributed by atoms with Crippen LogP contribution in [0.5, 0.6) is 0 Å². The first-order chi connectivity index (χ1) is 15.9. The van der Waals surface area contributed by atoms with E-state index in [4.69, 9.17) is 4.74 Å². The number of nitrogens with one attached hydrogen (secondary N) is 1. The Bertz CT molecular complexity index is 875. The van der Waals surface area contributed by atoms with Gasteiger partial charge in [-0.15, -0.1) is 0 Å². The van der Waals surface area contributed by atoms with Gasteiger partial charge in [0.25, 0.3) is 10.2 Å². The Morgan fingerprint density at radius 1 is 1.00 bits per heavy atom. The lowest BCUT2D eigenvalue weighted by molar-refractivity contribution is -0.117. The molecule has 0 atom stereocenters. The second-order valence-corrected chi connectivity index (χ2v) is 11.2. The number of benzene rings is 1. The van der Waals surface area contributed by atoms with Gasteiger partial charge in [0.05, 0.1) is 19.8 Å². The van der Waals surface area contributed by atoms with E-state index in [1.54, 1.807) is 15.7 Å². The summed E-state index contributed by atoms with van der Waals surface area (Å²) in [5.41, 5.74) is 1.90. The van der Waals surface area contributed by atoms with Crippen molar-refractivity contribution < 1.29 is 17.9 Å². The van der Waals surface area contributed by atoms with Crippen molar-refractivity contribution in [3.63, 3.8) is 0 Å². The third kappa shape index (κ3) is 6.24. The first kappa shape index (κ1) is 24.4. The maximum Gasteiger partial charge on any atom is 0.282 e. The van der Waals surface area contributed by atoms with Crippen LogP contribution in [0.15, 0.2) is 24.3 Å². The van der Waals surface area contributed by atoms with Gasteiger partial charge < -0.3 is 15.0 Å². The molecule has 3 fully saturated rings. The van der Waals surface area contributed by atoms with E-state index in [0.717, 1.165) is 63.4 Å². The normalized spacial score (nSPS) is 21.9. The first-order valence-corrected chi connectivity index (χ1v) is 13.5. The largest absolute Gasteiger partial charge is 0.378 e. The van der Waals surface area contributed by atoms with Gasteiger partial charge in [-0.25, -0.2) is 0 Å². The van der Waals surface area contributed by atoms with E-state index in [2.05, 4.69) is 10.2 Å². The predicted octanol–water partition coefficient (Wildman–Crippen LogP) is 1.59. The van der Waals surface area contributed by atoms with Gasteiger partial charge in [-0.2, -0.15) is 17.0 Å². The van der Waals surface area contributed by atoms with E-state index >= 15 is 0 Å². The molecule has 0 aromatic heterocycles. The third-order valence-electron chi connectivity index (χ3n) is 7.00. The molecular weight excluding hydrogens is 442 g/mol. The quantitative estimate of drug-likeness (QED) is 0.639. The fourth-order valence-corrected chi connectivity index (χ4v) is 6.49. The van der Waals surface area contributed by atoms with Crippen molar-refractivity contribution in [2.24, 2.45) is 0 Å². The highest BCUT2D eigenvalue weighted by Gasteiger charge is 2.34. The van der Waals surface area contributed by atoms with E-state index in [1.807, 2.05) is 29.2 Å². The Labute approximate surface area is 197 Å². The highest BCUT2D eigenvalue weighted by molar-refractivity contribution is 7.86. The minimum atomic E-state index is -3.45. The number of piperazine rings is 1. The topological polar surface area (TPSA) is 85.4 Å². The van der Waals surface area contributed by atoms with Crippen LogP contribution in [0.1, 0.15) is 32.1 Å². The van der Waals surface area contributed by atoms with Gasteiger partial charge in [-0.3, -0.25) is 9.69 Å². The number of carbonyl (C=O) groups excluding carboxylic acids is 1. The maximum absolute atomic E-state index is 13.0. The number of morpholine rings is 1. The van der Waals surface area contributed by atoms with Gasteiger partial charge in [0.15, 0.2) is 0 Å². The number of hydrogen-bond acceptors (Lipinski definition) is 6. The summed E-state index contributed by atoms with van der Waals surface area (Å²) >= 11 is 0. The van der Waals surface area contributed by atoms with Crippen LogP contribution >= 0.6 is 0 Å². The van der Waals surface area contributed by atoms with E-state index < -0.39 is 10.2 Å². The molecule has 0 spiro atoms. The molecule has 184 valence electrons. The number of carbonyl (C=O) groups is 1. The van der Waals surface area contributed by atoms with Crippen LogP contribution in [-0.2, 0) is 19.7 Å². The summed E-state index contributed by atoms with van der Waals surface area (Å²) < 4.78 is 34.6. The van der Waals surface area contributed by atoms with E-state index in [1.165, 1.54) is 6.42 Å². The molecule has 3 aliphatic rings. The van der Waals surface area contributed by atoms with Gasteiger partial charge in [-0.1, -0.05) is 19.3 Å². The molecule has 2 aliphatic heterocycles. The van der Waals surface area contributed by atoms with Gasteiger partial charge in [0.2, 0.25) is 5.91 Å². The smallest absolute Gasteiger partial charge is 0.282 e. The lowest BCUT2D eigenvalue weighted by Gasteiger charge is -2.38. The first-order valence-electron chi connectivity index (χ1n) is 12.1. The molecule has 10 heteroatoms. The van der Waals surface area contributed by atoms with Gasteiger partial charge in [-0.05, 0) is 37.1 Å². The summed E-state index contributed by atoms with van der Waals surface area (Å²) in [5.74, 6) is -0.0789. The number of amides is 1. The summed E-state index contributed by atoms with van der Waals surface area (Å²) in [6.45, 7) is 5.45. The predicted molar refractivity (Wildman–Crippen MR) is 130 cm³/mol. The van der Waals surface area contributed by atoms with Crippen molar-refractivity contribution in [2.45, 2.75) is 38.1 Å². The summed E-state index contributed by atoms with van der Waals surface area (Å²) in [5, 5.41) is 2.96. The lowest BCUT2D eigenvalue weighted by atomic mass is 9.96. The highest BCUT2D eigenvalue weighted by atomic mass is 32.2. The molecule has 0 unspecified atom stereocenters. The van der Waals surface area contributed by atoms with Crippen LogP contribution < -0.4 is 10.2 Å². The molecule has 1 aromatic carbocycles. The fraction of sp³-hybridized carbons (Fsp3) is 0.696. The van der Waals surface area contributed by atoms with Crippen LogP contribution in [0.25, 0.3) is 0 Å². The van der Waals surface area contributed by atoms with Crippen LogP contribution in [0.2, 0.25) is 0 Å². The average molecular weight is 480 g/mol. The molecule has 0 radical (unpaired) electrons. The minimum Gasteiger partial charge on any atom is -0.378 e. The lowest BCUT2D eigenvalue weighted by Crippen LogP contribution is -2.55. The summed E-state index contributed by atoms with van der Waals surface area (Å²) in [6.07, 6.45) is 5.29. The molecule has 33 heavy (non-hydrogen) atoms. The molecule has 1 N–H and O–H groups in total. The number of nitrogens with zero attached hydrogens (tertiary/aromatic N) is 4. The second-order valence-electron chi connectivity index (χ2n) is 9.19. The Morgan fingerprint density at radius 2 is 1.64 bits per heavy atom. The molecule has 1 aliphatic carbocycles. The fourth-order valence-electron chi connectivity index (χ4n) is 4.91. The van der Waals surface area contributed by atoms with Crippen molar-refractivity contribution in [1.82, 2.24) is 13.5 Å². The van der Waals surface area contributed by atoms with Crippen LogP contribution in [0, 0.1) is 0 Å². The minimum absolute atomic E-state index is 0.0789. The Balaban J connectivity index is 1.22. The van der Waals surface area contributed by atoms with Crippen molar-refractivity contribution in [3.8, 4) is 0 Å². The van der Waals surface area contributed by atoms with Crippen molar-refractivity contribution >= 4 is 27.5 Å². The number of hydrogen-bond donors (Lipinski definition) is 1. The second kappa shape index (κ2) is 11.1. The van der Waals surface area contributed by atoms with E-state index in [9.17, 15) is 13.2 Å². The molecule has 4 rings (SSSR count). The molecule has 0 bridgehead atoms. The SMILES string of the molecule is CN(C1CCCCC1)S(=O)(=O)N1CCN(CC(=O)Nc2ccc(N3CCOCC3)cc2)CC1. The van der Waals surface area contributed by atoms with Gasteiger partial charge in [0.1, 0.15) is 0 Å². The van der Waals surface area contributed by atoms with Crippen LogP contribution in [-0.4, -0.2) is 100.0 Å². The molecule has 1 amide bonds. The van der Waals surface area contributed by atoms with Gasteiger partial charge in [0, 0.05) is 63.7 Å². The van der Waals surface area contributed by atoms with Crippen molar-refractivity contribution in [2.75, 3.05) is 76.3 Å². The van der Waals surface area contributed by atoms with Crippen LogP contribution in [0.4, 0.5) is 11.4 Å². The monoisotopic (exact) mass is 479 g/mol. The molecule has 1 aromatic rings. The molecule has 9 nitrogen and oxygen atoms in total. The standard InChI is InChI=1S/C23H37N5O4S/c1-25(21-5-3-2-4-6-21)33(30,31)28-13-11-26(12-14-28)19-23(29)24-20-7-9-22(10-8-20)27-15-17-32-18-16-27/h7-10,21H,2-6,11-19H2,1H3,(H,24,29). The molecule has 1 saturated carbocycles. The van der Waals surface area contributed by atoms with Crippen molar-refractivity contribution in [1.29, 1.82) is 0 Å². The number of anilines is 2. The van der Waals surface area contributed by atoms with Gasteiger partial charge >= 0.3 is 0 Å². The van der Waals surface area contributed by atoms with E-state index in [0.29, 0.717) is 26.2 Å². The zero-order chi connectivity index (χ0) is 23.3. The maximum atomic E-state index is 13.0. The van der Waals surface area contributed by atoms with Crippen molar-refractivity contribution in [3.05, 3.63) is 24.3 Å². The molecule has 2 heterocycles. The Hall–Kier alpha value is -1.72. The molecule has 2 saturated heterocycles.